The highest BCUT2D eigenvalue weighted by Crippen LogP contribution is 2.39. The van der Waals surface area contributed by atoms with E-state index in [0.717, 1.165) is 12.1 Å². The lowest BCUT2D eigenvalue weighted by atomic mass is 9.69. The Balaban J connectivity index is 1.57. The fourth-order valence-corrected chi connectivity index (χ4v) is 4.57. The van der Waals surface area contributed by atoms with Gasteiger partial charge in [-0.3, -0.25) is 4.79 Å². The van der Waals surface area contributed by atoms with Gasteiger partial charge in [0.25, 0.3) is 0 Å². The summed E-state index contributed by atoms with van der Waals surface area (Å²) in [5.74, 6) is 1.72. The van der Waals surface area contributed by atoms with Crippen LogP contribution in [0.15, 0.2) is 42.0 Å². The van der Waals surface area contributed by atoms with E-state index in [-0.39, 0.29) is 23.8 Å². The van der Waals surface area contributed by atoms with E-state index in [9.17, 15) is 9.59 Å². The molecule has 6 heteroatoms. The number of anilines is 1. The van der Waals surface area contributed by atoms with Gasteiger partial charge in [0.15, 0.2) is 0 Å². The molecule has 1 aromatic carbocycles. The average molecular weight is 414 g/mol. The SMILES string of the molecule is CC1=CC(CNC(=O)Nc2ccccc2)C(C(C)C)CC1CC(=O)N1CCOCC1. The summed E-state index contributed by atoms with van der Waals surface area (Å²) in [6.07, 6.45) is 3.84. The van der Waals surface area contributed by atoms with Gasteiger partial charge in [0.2, 0.25) is 5.91 Å². The Labute approximate surface area is 180 Å². The fourth-order valence-electron chi connectivity index (χ4n) is 4.57. The minimum absolute atomic E-state index is 0.181. The summed E-state index contributed by atoms with van der Waals surface area (Å²) in [5.41, 5.74) is 2.05. The monoisotopic (exact) mass is 413 g/mol. The highest BCUT2D eigenvalue weighted by molar-refractivity contribution is 5.89. The number of carbonyl (C=O) groups excluding carboxylic acids is 2. The number of allylic oxidation sites excluding steroid dienone is 1. The maximum absolute atomic E-state index is 12.7. The molecule has 2 N–H and O–H groups in total. The van der Waals surface area contributed by atoms with Crippen molar-refractivity contribution in [3.05, 3.63) is 42.0 Å². The molecule has 6 nitrogen and oxygen atoms in total. The number of nitrogens with one attached hydrogen (secondary N) is 2. The van der Waals surface area contributed by atoms with E-state index in [2.05, 4.69) is 37.5 Å². The van der Waals surface area contributed by atoms with Crippen LogP contribution in [0.5, 0.6) is 0 Å². The van der Waals surface area contributed by atoms with E-state index in [1.165, 1.54) is 5.57 Å². The first kappa shape index (κ1) is 22.3. The van der Waals surface area contributed by atoms with Gasteiger partial charge >= 0.3 is 6.03 Å². The number of urea groups is 1. The average Bonchev–Trinajstić information content (AvgIpc) is 2.75. The Morgan fingerprint density at radius 3 is 2.53 bits per heavy atom. The Morgan fingerprint density at radius 2 is 1.87 bits per heavy atom. The molecule has 3 unspecified atom stereocenters. The molecular formula is C24H35N3O3. The molecule has 1 aliphatic carbocycles. The molecule has 0 aromatic heterocycles. The van der Waals surface area contributed by atoms with Gasteiger partial charge in [-0.05, 0) is 49.1 Å². The summed E-state index contributed by atoms with van der Waals surface area (Å²) >= 11 is 0. The molecule has 164 valence electrons. The molecule has 3 rings (SSSR count). The van der Waals surface area contributed by atoms with E-state index >= 15 is 0 Å². The minimum atomic E-state index is -0.181. The van der Waals surface area contributed by atoms with E-state index in [4.69, 9.17) is 4.74 Å². The number of hydrogen-bond donors (Lipinski definition) is 2. The van der Waals surface area contributed by atoms with Crippen LogP contribution in [0.3, 0.4) is 0 Å². The Kier molecular flexibility index (Phi) is 7.91. The molecule has 0 saturated carbocycles. The maximum atomic E-state index is 12.7. The van der Waals surface area contributed by atoms with Gasteiger partial charge in [-0.2, -0.15) is 0 Å². The van der Waals surface area contributed by atoms with Crippen molar-refractivity contribution in [3.63, 3.8) is 0 Å². The fraction of sp³-hybridized carbons (Fsp3) is 0.583. The summed E-state index contributed by atoms with van der Waals surface area (Å²) in [6, 6.07) is 9.28. The van der Waals surface area contributed by atoms with Crippen molar-refractivity contribution in [2.75, 3.05) is 38.2 Å². The Morgan fingerprint density at radius 1 is 1.17 bits per heavy atom. The lowest BCUT2D eigenvalue weighted by Gasteiger charge is -2.38. The third kappa shape index (κ3) is 6.08. The number of rotatable bonds is 6. The lowest BCUT2D eigenvalue weighted by Crippen LogP contribution is -2.42. The number of nitrogens with zero attached hydrogens (tertiary/aromatic N) is 1. The predicted molar refractivity (Wildman–Crippen MR) is 119 cm³/mol. The molecule has 1 heterocycles. The Hall–Kier alpha value is -2.34. The van der Waals surface area contributed by atoms with Crippen LogP contribution < -0.4 is 10.6 Å². The van der Waals surface area contributed by atoms with Crippen molar-refractivity contribution in [1.29, 1.82) is 0 Å². The molecule has 1 fully saturated rings. The van der Waals surface area contributed by atoms with Gasteiger partial charge in [0, 0.05) is 31.7 Å². The lowest BCUT2D eigenvalue weighted by molar-refractivity contribution is -0.136. The Bertz CT molecular complexity index is 741. The van der Waals surface area contributed by atoms with Crippen molar-refractivity contribution in [2.24, 2.45) is 23.7 Å². The van der Waals surface area contributed by atoms with Crippen molar-refractivity contribution in [2.45, 2.75) is 33.6 Å². The van der Waals surface area contributed by atoms with Crippen molar-refractivity contribution in [1.82, 2.24) is 10.2 Å². The predicted octanol–water partition coefficient (Wildman–Crippen LogP) is 3.91. The number of carbonyl (C=O) groups is 2. The summed E-state index contributed by atoms with van der Waals surface area (Å²) < 4.78 is 5.36. The van der Waals surface area contributed by atoms with Crippen LogP contribution in [0.1, 0.15) is 33.6 Å². The topological polar surface area (TPSA) is 70.7 Å². The molecule has 1 aromatic rings. The molecule has 3 atom stereocenters. The number of ether oxygens (including phenoxy) is 1. The summed E-state index contributed by atoms with van der Waals surface area (Å²) in [4.78, 5) is 27.0. The van der Waals surface area contributed by atoms with Crippen LogP contribution in [0.25, 0.3) is 0 Å². The number of amides is 3. The minimum Gasteiger partial charge on any atom is -0.378 e. The molecule has 0 radical (unpaired) electrons. The molecule has 2 aliphatic rings. The van der Waals surface area contributed by atoms with Crippen LogP contribution in [0.4, 0.5) is 10.5 Å². The second-order valence-corrected chi connectivity index (χ2v) is 8.81. The number of morpholine rings is 1. The highest BCUT2D eigenvalue weighted by Gasteiger charge is 2.33. The van der Waals surface area contributed by atoms with Crippen LogP contribution in [0, 0.1) is 23.7 Å². The second-order valence-electron chi connectivity index (χ2n) is 8.81. The van der Waals surface area contributed by atoms with Gasteiger partial charge in [0.1, 0.15) is 0 Å². The first-order valence-electron chi connectivity index (χ1n) is 11.1. The number of hydrogen-bond acceptors (Lipinski definition) is 3. The molecule has 1 aliphatic heterocycles. The molecule has 30 heavy (non-hydrogen) atoms. The summed E-state index contributed by atoms with van der Waals surface area (Å²) in [6.45, 7) is 9.87. The summed E-state index contributed by atoms with van der Waals surface area (Å²) in [5, 5.41) is 5.91. The van der Waals surface area contributed by atoms with Crippen LogP contribution >= 0.6 is 0 Å². The van der Waals surface area contributed by atoms with E-state index in [1.54, 1.807) is 0 Å². The zero-order chi connectivity index (χ0) is 21.5. The first-order valence-corrected chi connectivity index (χ1v) is 11.1. The van der Waals surface area contributed by atoms with Gasteiger partial charge < -0.3 is 20.3 Å². The zero-order valence-electron chi connectivity index (χ0n) is 18.4. The van der Waals surface area contributed by atoms with E-state index < -0.39 is 0 Å². The van der Waals surface area contributed by atoms with Gasteiger partial charge in [-0.15, -0.1) is 0 Å². The molecular weight excluding hydrogens is 378 g/mol. The molecule has 3 amide bonds. The maximum Gasteiger partial charge on any atom is 0.319 e. The first-order chi connectivity index (χ1) is 14.4. The van der Waals surface area contributed by atoms with Crippen LogP contribution in [0.2, 0.25) is 0 Å². The van der Waals surface area contributed by atoms with Gasteiger partial charge in [0.05, 0.1) is 13.2 Å². The second kappa shape index (κ2) is 10.6. The number of benzene rings is 1. The molecule has 0 spiro atoms. The van der Waals surface area contributed by atoms with Crippen LogP contribution in [-0.4, -0.2) is 49.7 Å². The third-order valence-electron chi connectivity index (χ3n) is 6.40. The zero-order valence-corrected chi connectivity index (χ0v) is 18.4. The third-order valence-corrected chi connectivity index (χ3v) is 6.40. The normalized spacial score (nSPS) is 24.3. The standard InChI is InChI=1S/C24H35N3O3/c1-17(2)22-14-19(15-23(28)27-9-11-30-12-10-27)18(3)13-20(22)16-25-24(29)26-21-7-5-4-6-8-21/h4-8,13,17,19-20,22H,9-12,14-16H2,1-3H3,(H2,25,26,29). The quantitative estimate of drug-likeness (QED) is 0.695. The van der Waals surface area contributed by atoms with Gasteiger partial charge in [-0.1, -0.05) is 43.7 Å². The number of para-hydroxylation sites is 1. The van der Waals surface area contributed by atoms with E-state index in [0.29, 0.717) is 51.1 Å². The van der Waals surface area contributed by atoms with E-state index in [1.807, 2.05) is 35.2 Å². The highest BCUT2D eigenvalue weighted by atomic mass is 16.5. The van der Waals surface area contributed by atoms with Crippen molar-refractivity contribution < 1.29 is 14.3 Å². The molecule has 1 saturated heterocycles. The largest absolute Gasteiger partial charge is 0.378 e. The van der Waals surface area contributed by atoms with Crippen LogP contribution in [-0.2, 0) is 9.53 Å². The van der Waals surface area contributed by atoms with Crippen molar-refractivity contribution in [3.8, 4) is 0 Å². The van der Waals surface area contributed by atoms with Crippen molar-refractivity contribution >= 4 is 17.6 Å². The van der Waals surface area contributed by atoms with Gasteiger partial charge in [-0.25, -0.2) is 4.79 Å². The summed E-state index contributed by atoms with van der Waals surface area (Å²) in [7, 11) is 0. The molecule has 0 bridgehead atoms. The smallest absolute Gasteiger partial charge is 0.319 e.